The number of piperidine rings is 1. The Bertz CT molecular complexity index is 952. The molecule has 1 heterocycles. The van der Waals surface area contributed by atoms with Crippen molar-refractivity contribution >= 4 is 17.3 Å². The number of aromatic hydroxyl groups is 1. The summed E-state index contributed by atoms with van der Waals surface area (Å²) in [5.41, 5.74) is 3.80. The summed E-state index contributed by atoms with van der Waals surface area (Å²) in [6.07, 6.45) is 3.33. The van der Waals surface area contributed by atoms with Crippen LogP contribution in [0.15, 0.2) is 60.2 Å². The highest BCUT2D eigenvalue weighted by Gasteiger charge is 2.27. The third-order valence-electron chi connectivity index (χ3n) is 5.95. The fraction of sp³-hybridized carbons (Fsp3) is 0.360. The number of phenols is 1. The summed E-state index contributed by atoms with van der Waals surface area (Å²) in [4.78, 5) is 27.5. The molecule has 2 aliphatic rings. The number of benzene rings is 2. The molecule has 0 saturated carbocycles. The van der Waals surface area contributed by atoms with Crippen LogP contribution >= 0.6 is 0 Å². The lowest BCUT2D eigenvalue weighted by atomic mass is 9.99. The van der Waals surface area contributed by atoms with E-state index in [4.69, 9.17) is 0 Å². The van der Waals surface area contributed by atoms with Gasteiger partial charge in [0.15, 0.2) is 5.78 Å². The van der Waals surface area contributed by atoms with Crippen LogP contribution in [0.4, 0.5) is 0 Å². The lowest BCUT2D eigenvalue weighted by Crippen LogP contribution is -2.47. The number of likely N-dealkylation sites (tertiary alicyclic amines) is 1. The van der Waals surface area contributed by atoms with Gasteiger partial charge in [0.25, 0.3) is 0 Å². The number of nitrogens with zero attached hydrogens (tertiary/aromatic N) is 1. The van der Waals surface area contributed by atoms with E-state index in [1.165, 1.54) is 0 Å². The van der Waals surface area contributed by atoms with Crippen LogP contribution in [0.1, 0.15) is 43.2 Å². The number of Topliss-reactive ketones (excluding diaryl/α,β-unsaturated/α-hetero) is 1. The normalized spacial score (nSPS) is 19.9. The molecule has 30 heavy (non-hydrogen) atoms. The van der Waals surface area contributed by atoms with Crippen molar-refractivity contribution in [2.24, 2.45) is 0 Å². The molecule has 1 aliphatic carbocycles. The second kappa shape index (κ2) is 9.26. The molecule has 2 aromatic rings. The molecule has 1 atom stereocenters. The Labute approximate surface area is 177 Å². The number of carbonyl (C=O) groups excluding carboxylic acids is 2. The standard InChI is InChI=1S/C25H28N2O3/c28-21-10-4-6-18(14-21)16-27-13-5-9-20(17-27)26-25(30)15-23-22(11-12-24(23)29)19-7-2-1-3-8-19/h1-4,6-8,10,14,20,28H,5,9,11-13,15-17H2,(H,26,30). The fourth-order valence-electron chi connectivity index (χ4n) is 4.54. The van der Waals surface area contributed by atoms with Crippen molar-refractivity contribution in [1.82, 2.24) is 10.2 Å². The zero-order valence-electron chi connectivity index (χ0n) is 17.1. The number of amides is 1. The Morgan fingerprint density at radius 2 is 1.93 bits per heavy atom. The Morgan fingerprint density at radius 1 is 1.10 bits per heavy atom. The molecule has 4 rings (SSSR count). The van der Waals surface area contributed by atoms with Gasteiger partial charge in [0.2, 0.25) is 5.91 Å². The maximum atomic E-state index is 12.8. The first-order valence-corrected chi connectivity index (χ1v) is 10.7. The molecule has 1 amide bonds. The van der Waals surface area contributed by atoms with Gasteiger partial charge in [0, 0.05) is 31.1 Å². The Hall–Kier alpha value is -2.92. The van der Waals surface area contributed by atoms with Gasteiger partial charge in [-0.25, -0.2) is 0 Å². The number of phenolic OH excluding ortho intramolecular Hbond substituents is 1. The van der Waals surface area contributed by atoms with E-state index in [0.717, 1.165) is 49.2 Å². The minimum Gasteiger partial charge on any atom is -0.508 e. The molecule has 0 bridgehead atoms. The molecular formula is C25H28N2O3. The average molecular weight is 405 g/mol. The van der Waals surface area contributed by atoms with Crippen LogP contribution in [0, 0.1) is 0 Å². The Kier molecular flexibility index (Phi) is 6.29. The topological polar surface area (TPSA) is 69.6 Å². The molecule has 5 nitrogen and oxygen atoms in total. The minimum absolute atomic E-state index is 0.0714. The van der Waals surface area contributed by atoms with Crippen LogP contribution in [-0.4, -0.2) is 40.8 Å². The molecule has 0 radical (unpaired) electrons. The van der Waals surface area contributed by atoms with Gasteiger partial charge in [-0.05, 0) is 54.6 Å². The molecule has 156 valence electrons. The number of allylic oxidation sites excluding steroid dienone is 1. The number of nitrogens with one attached hydrogen (secondary N) is 1. The van der Waals surface area contributed by atoms with E-state index < -0.39 is 0 Å². The Morgan fingerprint density at radius 3 is 2.73 bits per heavy atom. The zero-order valence-corrected chi connectivity index (χ0v) is 17.1. The van der Waals surface area contributed by atoms with Gasteiger partial charge in [-0.15, -0.1) is 0 Å². The molecule has 0 aromatic heterocycles. The van der Waals surface area contributed by atoms with Crippen molar-refractivity contribution in [2.75, 3.05) is 13.1 Å². The Balaban J connectivity index is 1.37. The maximum absolute atomic E-state index is 12.8. The summed E-state index contributed by atoms with van der Waals surface area (Å²) >= 11 is 0. The summed E-state index contributed by atoms with van der Waals surface area (Å²) in [5, 5.41) is 12.8. The highest BCUT2D eigenvalue weighted by molar-refractivity contribution is 6.10. The number of carbonyl (C=O) groups is 2. The van der Waals surface area contributed by atoms with Crippen molar-refractivity contribution in [3.8, 4) is 5.75 Å². The highest BCUT2D eigenvalue weighted by atomic mass is 16.3. The summed E-state index contributed by atoms with van der Waals surface area (Å²) in [6, 6.07) is 17.3. The van der Waals surface area contributed by atoms with Gasteiger partial charge < -0.3 is 10.4 Å². The van der Waals surface area contributed by atoms with Gasteiger partial charge in [-0.1, -0.05) is 42.5 Å². The van der Waals surface area contributed by atoms with Gasteiger partial charge in [0.05, 0.1) is 6.42 Å². The molecule has 2 N–H and O–H groups in total. The monoisotopic (exact) mass is 404 g/mol. The molecule has 5 heteroatoms. The van der Waals surface area contributed by atoms with Crippen LogP contribution < -0.4 is 5.32 Å². The third kappa shape index (κ3) is 4.97. The van der Waals surface area contributed by atoms with E-state index in [-0.39, 0.29) is 29.9 Å². The van der Waals surface area contributed by atoms with E-state index in [0.29, 0.717) is 18.4 Å². The highest BCUT2D eigenvalue weighted by Crippen LogP contribution is 2.33. The maximum Gasteiger partial charge on any atom is 0.224 e. The smallest absolute Gasteiger partial charge is 0.224 e. The summed E-state index contributed by atoms with van der Waals surface area (Å²) < 4.78 is 0. The van der Waals surface area contributed by atoms with E-state index in [2.05, 4.69) is 10.2 Å². The van der Waals surface area contributed by atoms with Crippen molar-refractivity contribution in [3.63, 3.8) is 0 Å². The van der Waals surface area contributed by atoms with Gasteiger partial charge in [-0.3, -0.25) is 14.5 Å². The van der Waals surface area contributed by atoms with Crippen LogP contribution in [-0.2, 0) is 16.1 Å². The fourth-order valence-corrected chi connectivity index (χ4v) is 4.54. The number of rotatable bonds is 6. The van der Waals surface area contributed by atoms with Crippen LogP contribution in [0.25, 0.3) is 5.57 Å². The lowest BCUT2D eigenvalue weighted by Gasteiger charge is -2.33. The first-order valence-electron chi connectivity index (χ1n) is 10.7. The SMILES string of the molecule is O=C(CC1=C(c2ccccc2)CCC1=O)NC1CCCN(Cc2cccc(O)c2)C1. The molecule has 1 fully saturated rings. The van der Waals surface area contributed by atoms with Crippen LogP contribution in [0.2, 0.25) is 0 Å². The molecule has 0 spiro atoms. The number of hydrogen-bond acceptors (Lipinski definition) is 4. The summed E-state index contributed by atoms with van der Waals surface area (Å²) in [6.45, 7) is 2.51. The van der Waals surface area contributed by atoms with E-state index in [1.807, 2.05) is 42.5 Å². The largest absolute Gasteiger partial charge is 0.508 e. The van der Waals surface area contributed by atoms with Crippen molar-refractivity contribution < 1.29 is 14.7 Å². The van der Waals surface area contributed by atoms with E-state index >= 15 is 0 Å². The number of hydrogen-bond donors (Lipinski definition) is 2. The molecule has 1 saturated heterocycles. The zero-order chi connectivity index (χ0) is 20.9. The van der Waals surface area contributed by atoms with Crippen LogP contribution in [0.5, 0.6) is 5.75 Å². The van der Waals surface area contributed by atoms with E-state index in [9.17, 15) is 14.7 Å². The summed E-state index contributed by atoms with van der Waals surface area (Å²) in [5.74, 6) is 0.300. The quantitative estimate of drug-likeness (QED) is 0.771. The predicted molar refractivity (Wildman–Crippen MR) is 117 cm³/mol. The minimum atomic E-state index is -0.0714. The van der Waals surface area contributed by atoms with Crippen molar-refractivity contribution in [3.05, 3.63) is 71.3 Å². The van der Waals surface area contributed by atoms with Gasteiger partial charge in [-0.2, -0.15) is 0 Å². The van der Waals surface area contributed by atoms with E-state index in [1.54, 1.807) is 12.1 Å². The van der Waals surface area contributed by atoms with Crippen molar-refractivity contribution in [2.45, 2.75) is 44.7 Å². The average Bonchev–Trinajstić information content (AvgIpc) is 3.09. The molecule has 2 aromatic carbocycles. The molecular weight excluding hydrogens is 376 g/mol. The first-order chi connectivity index (χ1) is 14.6. The lowest BCUT2D eigenvalue weighted by molar-refractivity contribution is -0.123. The van der Waals surface area contributed by atoms with Gasteiger partial charge >= 0.3 is 0 Å². The molecule has 1 aliphatic heterocycles. The van der Waals surface area contributed by atoms with Crippen LogP contribution in [0.3, 0.4) is 0 Å². The third-order valence-corrected chi connectivity index (χ3v) is 5.95. The molecule has 1 unspecified atom stereocenters. The predicted octanol–water partition coefficient (Wildman–Crippen LogP) is 3.68. The number of ketones is 1. The van der Waals surface area contributed by atoms with Gasteiger partial charge in [0.1, 0.15) is 5.75 Å². The first kappa shape index (κ1) is 20.4. The summed E-state index contributed by atoms with van der Waals surface area (Å²) in [7, 11) is 0. The second-order valence-corrected chi connectivity index (χ2v) is 8.23. The van der Waals surface area contributed by atoms with Crippen molar-refractivity contribution in [1.29, 1.82) is 0 Å². The second-order valence-electron chi connectivity index (χ2n) is 8.23.